The number of carbonyl (C=O) groups is 2. The molecule has 4 aliphatic rings. The summed E-state index contributed by atoms with van der Waals surface area (Å²) < 4.78 is 43.3. The number of likely N-dealkylation sites (tertiary alicyclic amines) is 1. The minimum atomic E-state index is -4.36. The molecule has 1 N–H and O–H groups in total. The minimum Gasteiger partial charge on any atom is -0.387 e. The van der Waals surface area contributed by atoms with E-state index in [1.165, 1.54) is 4.90 Å². The van der Waals surface area contributed by atoms with Crippen molar-refractivity contribution in [3.05, 3.63) is 0 Å². The zero-order chi connectivity index (χ0) is 21.6. The lowest BCUT2D eigenvalue weighted by Crippen LogP contribution is -2.65. The van der Waals surface area contributed by atoms with E-state index in [9.17, 15) is 27.9 Å². The first-order valence-corrected chi connectivity index (χ1v) is 11.1. The van der Waals surface area contributed by atoms with Gasteiger partial charge < -0.3 is 19.6 Å². The van der Waals surface area contributed by atoms with Gasteiger partial charge in [0, 0.05) is 31.5 Å². The first-order valence-electron chi connectivity index (χ1n) is 11.1. The molecule has 0 aromatic carbocycles. The van der Waals surface area contributed by atoms with Crippen molar-refractivity contribution < 1.29 is 32.6 Å². The average Bonchev–Trinajstić information content (AvgIpc) is 3.42. The second kappa shape index (κ2) is 7.97. The Bertz CT molecular complexity index is 676. The van der Waals surface area contributed by atoms with E-state index < -0.39 is 35.9 Å². The number of ether oxygens (including phenoxy) is 1. The highest BCUT2D eigenvalue weighted by molar-refractivity contribution is 5.78. The summed E-state index contributed by atoms with van der Waals surface area (Å²) in [6.45, 7) is 1.22. The topological polar surface area (TPSA) is 70.1 Å². The van der Waals surface area contributed by atoms with Gasteiger partial charge in [-0.2, -0.15) is 13.2 Å². The van der Waals surface area contributed by atoms with Crippen LogP contribution in [0.2, 0.25) is 0 Å². The third-order valence-corrected chi connectivity index (χ3v) is 7.59. The van der Waals surface area contributed by atoms with Gasteiger partial charge in [0.15, 0.2) is 0 Å². The summed E-state index contributed by atoms with van der Waals surface area (Å²) in [6.07, 6.45) is -0.248. The lowest BCUT2D eigenvalue weighted by molar-refractivity contribution is -0.179. The number of carbonyl (C=O) groups excluding carboxylic acids is 2. The van der Waals surface area contributed by atoms with Crippen LogP contribution in [0.3, 0.4) is 0 Å². The molecule has 0 aromatic rings. The summed E-state index contributed by atoms with van der Waals surface area (Å²) in [5.41, 5.74) is -1.70. The second-order valence-corrected chi connectivity index (χ2v) is 9.66. The van der Waals surface area contributed by atoms with Crippen molar-refractivity contribution in [3.8, 4) is 0 Å². The lowest BCUT2D eigenvalue weighted by atomic mass is 9.65. The molecule has 170 valence electrons. The molecule has 2 saturated heterocycles. The van der Waals surface area contributed by atoms with Crippen LogP contribution in [0.25, 0.3) is 0 Å². The molecule has 6 nitrogen and oxygen atoms in total. The number of halogens is 3. The monoisotopic (exact) mass is 432 g/mol. The SMILES string of the molecule is O=C1COC(C2CC2)CN1CC1(O)CCN(C(=O)CCC(F)(F)F)CC12CCCC2. The van der Waals surface area contributed by atoms with E-state index in [0.717, 1.165) is 38.5 Å². The predicted octanol–water partition coefficient (Wildman–Crippen LogP) is 2.49. The van der Waals surface area contributed by atoms with Crippen molar-refractivity contribution in [2.45, 2.75) is 75.7 Å². The van der Waals surface area contributed by atoms with Gasteiger partial charge in [0.1, 0.15) is 6.61 Å². The van der Waals surface area contributed by atoms with E-state index in [2.05, 4.69) is 0 Å². The van der Waals surface area contributed by atoms with Gasteiger partial charge in [-0.15, -0.1) is 0 Å². The number of piperidine rings is 1. The maximum Gasteiger partial charge on any atom is 0.389 e. The highest BCUT2D eigenvalue weighted by atomic mass is 19.4. The zero-order valence-corrected chi connectivity index (χ0v) is 17.3. The van der Waals surface area contributed by atoms with Crippen LogP contribution in [0.15, 0.2) is 0 Å². The molecule has 2 heterocycles. The quantitative estimate of drug-likeness (QED) is 0.725. The van der Waals surface area contributed by atoms with E-state index in [4.69, 9.17) is 4.74 Å². The van der Waals surface area contributed by atoms with E-state index in [0.29, 0.717) is 12.5 Å². The molecule has 4 rings (SSSR count). The highest BCUT2D eigenvalue weighted by Gasteiger charge is 2.56. The van der Waals surface area contributed by atoms with Crippen molar-refractivity contribution in [2.24, 2.45) is 11.3 Å². The number of aliphatic hydroxyl groups is 1. The Morgan fingerprint density at radius 2 is 1.90 bits per heavy atom. The molecule has 2 unspecified atom stereocenters. The van der Waals surface area contributed by atoms with Gasteiger partial charge in [-0.3, -0.25) is 9.59 Å². The summed E-state index contributed by atoms with van der Waals surface area (Å²) >= 11 is 0. The van der Waals surface area contributed by atoms with Gasteiger partial charge in [-0.05, 0) is 38.0 Å². The van der Waals surface area contributed by atoms with Crippen LogP contribution in [-0.2, 0) is 14.3 Å². The maximum absolute atomic E-state index is 12.5. The number of morpholine rings is 1. The first-order chi connectivity index (χ1) is 14.1. The van der Waals surface area contributed by atoms with Crippen molar-refractivity contribution in [1.82, 2.24) is 9.80 Å². The Hall–Kier alpha value is -1.35. The molecule has 0 aromatic heterocycles. The summed E-state index contributed by atoms with van der Waals surface area (Å²) in [5, 5.41) is 11.7. The Morgan fingerprint density at radius 1 is 1.20 bits per heavy atom. The molecule has 1 spiro atoms. The maximum atomic E-state index is 12.5. The number of hydrogen-bond donors (Lipinski definition) is 1. The summed E-state index contributed by atoms with van der Waals surface area (Å²) in [5.74, 6) is -0.141. The molecule has 2 aliphatic carbocycles. The standard InChI is InChI=1S/C21H31F3N2O4/c22-21(23,24)8-5-17(27)25-10-9-20(29,19(13-25)6-1-2-7-19)14-26-11-16(15-3-4-15)30-12-18(26)28/h15-16,29H,1-14H2. The van der Waals surface area contributed by atoms with Crippen molar-refractivity contribution >= 4 is 11.8 Å². The van der Waals surface area contributed by atoms with Crippen molar-refractivity contribution in [2.75, 3.05) is 32.8 Å². The number of β-amino-alcohol motifs (C(OH)–C–C–N with tert-alkyl or cyclic N) is 1. The van der Waals surface area contributed by atoms with Crippen LogP contribution >= 0.6 is 0 Å². The van der Waals surface area contributed by atoms with Crippen LogP contribution in [0, 0.1) is 11.3 Å². The molecule has 2 amide bonds. The predicted molar refractivity (Wildman–Crippen MR) is 101 cm³/mol. The molecular formula is C21H31F3N2O4. The van der Waals surface area contributed by atoms with Gasteiger partial charge >= 0.3 is 6.18 Å². The second-order valence-electron chi connectivity index (χ2n) is 9.66. The fourth-order valence-electron chi connectivity index (χ4n) is 5.58. The molecule has 9 heteroatoms. The van der Waals surface area contributed by atoms with Gasteiger partial charge in [-0.25, -0.2) is 0 Å². The average molecular weight is 432 g/mol. The lowest BCUT2D eigenvalue weighted by Gasteiger charge is -2.54. The summed E-state index contributed by atoms with van der Waals surface area (Å²) in [7, 11) is 0. The van der Waals surface area contributed by atoms with Gasteiger partial charge in [0.2, 0.25) is 11.8 Å². The van der Waals surface area contributed by atoms with Crippen LogP contribution < -0.4 is 0 Å². The molecule has 2 atom stereocenters. The Labute approximate surface area is 174 Å². The van der Waals surface area contributed by atoms with E-state index in [1.807, 2.05) is 0 Å². The summed E-state index contributed by atoms with van der Waals surface area (Å²) in [6, 6.07) is 0. The minimum absolute atomic E-state index is 0.0230. The number of nitrogens with zero attached hydrogens (tertiary/aromatic N) is 2. The normalized spacial score (nSPS) is 32.1. The van der Waals surface area contributed by atoms with Gasteiger partial charge in [-0.1, -0.05) is 12.8 Å². The molecule has 2 saturated carbocycles. The molecule has 2 aliphatic heterocycles. The number of hydrogen-bond acceptors (Lipinski definition) is 4. The molecule has 0 radical (unpaired) electrons. The fourth-order valence-corrected chi connectivity index (χ4v) is 5.58. The Morgan fingerprint density at radius 3 is 2.53 bits per heavy atom. The van der Waals surface area contributed by atoms with Gasteiger partial charge in [0.05, 0.1) is 24.7 Å². The number of rotatable bonds is 5. The van der Waals surface area contributed by atoms with Crippen LogP contribution in [0.5, 0.6) is 0 Å². The van der Waals surface area contributed by atoms with Gasteiger partial charge in [0.25, 0.3) is 0 Å². The third-order valence-electron chi connectivity index (χ3n) is 7.59. The van der Waals surface area contributed by atoms with Crippen LogP contribution in [0.1, 0.15) is 57.8 Å². The molecule has 0 bridgehead atoms. The Balaban J connectivity index is 1.45. The van der Waals surface area contributed by atoms with E-state index >= 15 is 0 Å². The van der Waals surface area contributed by atoms with Crippen LogP contribution in [0.4, 0.5) is 13.2 Å². The Kier molecular flexibility index (Phi) is 5.81. The largest absolute Gasteiger partial charge is 0.389 e. The molecule has 30 heavy (non-hydrogen) atoms. The molecular weight excluding hydrogens is 401 g/mol. The number of amides is 2. The summed E-state index contributed by atoms with van der Waals surface area (Å²) in [4.78, 5) is 28.1. The zero-order valence-electron chi connectivity index (χ0n) is 17.3. The first kappa shape index (κ1) is 21.9. The van der Waals surface area contributed by atoms with Crippen LogP contribution in [-0.4, -0.2) is 77.4 Å². The fraction of sp³-hybridized carbons (Fsp3) is 0.905. The number of alkyl halides is 3. The third kappa shape index (κ3) is 4.47. The smallest absolute Gasteiger partial charge is 0.387 e. The van der Waals surface area contributed by atoms with Crippen molar-refractivity contribution in [3.63, 3.8) is 0 Å². The van der Waals surface area contributed by atoms with E-state index in [1.54, 1.807) is 4.90 Å². The molecule has 4 fully saturated rings. The highest BCUT2D eigenvalue weighted by Crippen LogP contribution is 2.51. The van der Waals surface area contributed by atoms with Crippen molar-refractivity contribution in [1.29, 1.82) is 0 Å². The van der Waals surface area contributed by atoms with E-state index in [-0.39, 0.29) is 44.7 Å².